The molecular formula is C28H21F6N5O2. The minimum absolute atomic E-state index is 0.00394. The van der Waals surface area contributed by atoms with Gasteiger partial charge in [0.25, 0.3) is 5.91 Å². The van der Waals surface area contributed by atoms with Crippen LogP contribution in [0.5, 0.6) is 0 Å². The van der Waals surface area contributed by atoms with Crippen LogP contribution >= 0.6 is 0 Å². The summed E-state index contributed by atoms with van der Waals surface area (Å²) in [6, 6.07) is 9.14. The number of halogens is 6. The second-order valence-electron chi connectivity index (χ2n) is 9.18. The Hall–Kier alpha value is -4.57. The highest BCUT2D eigenvalue weighted by Gasteiger charge is 2.37. The highest BCUT2D eigenvalue weighted by molar-refractivity contribution is 6.05. The average Bonchev–Trinajstić information content (AvgIpc) is 3.34. The van der Waals surface area contributed by atoms with E-state index in [-0.39, 0.29) is 11.6 Å². The molecule has 0 unspecified atom stereocenters. The standard InChI is InChI=1S/C28H21F6N5O2/c1-17-18(5-6-22-16-35-24-7-8-25(37-39(22)24)38-9-11-41-12-10-38)3-2-4-23(17)26(40)36-21-14-19(27(29,30)31)13-20(15-21)28(32,33)34/h2-4,7-8,13-16H,9-12H2,1H3,(H,36,40). The minimum atomic E-state index is -5.04. The predicted octanol–water partition coefficient (Wildman–Crippen LogP) is 5.56. The lowest BCUT2D eigenvalue weighted by Gasteiger charge is -2.27. The number of imidazole rings is 1. The van der Waals surface area contributed by atoms with Crippen molar-refractivity contribution >= 4 is 23.1 Å². The van der Waals surface area contributed by atoms with Crippen LogP contribution in [-0.4, -0.2) is 46.8 Å². The molecule has 5 rings (SSSR count). The normalized spacial score (nSPS) is 14.1. The van der Waals surface area contributed by atoms with E-state index in [0.717, 1.165) is 5.82 Å². The number of ether oxygens (including phenoxy) is 1. The van der Waals surface area contributed by atoms with E-state index in [4.69, 9.17) is 4.74 Å². The smallest absolute Gasteiger partial charge is 0.378 e. The Morgan fingerprint density at radius 2 is 1.63 bits per heavy atom. The summed E-state index contributed by atoms with van der Waals surface area (Å²) in [5.41, 5.74) is -1.79. The van der Waals surface area contributed by atoms with Gasteiger partial charge in [-0.15, -0.1) is 5.10 Å². The van der Waals surface area contributed by atoms with Crippen molar-refractivity contribution in [2.75, 3.05) is 36.5 Å². The van der Waals surface area contributed by atoms with Gasteiger partial charge < -0.3 is 15.0 Å². The number of benzene rings is 2. The number of nitrogens with one attached hydrogen (secondary N) is 1. The molecule has 41 heavy (non-hydrogen) atoms. The summed E-state index contributed by atoms with van der Waals surface area (Å²) in [6.07, 6.45) is -8.53. The third-order valence-corrected chi connectivity index (χ3v) is 6.43. The van der Waals surface area contributed by atoms with Gasteiger partial charge in [0, 0.05) is 29.9 Å². The van der Waals surface area contributed by atoms with Crippen molar-refractivity contribution in [1.82, 2.24) is 14.6 Å². The molecule has 1 amide bonds. The SMILES string of the molecule is Cc1c(C#Cc2cnc3ccc(N4CCOCC4)nn23)cccc1C(=O)Nc1cc(C(F)(F)F)cc(C(F)(F)F)c1. The van der Waals surface area contributed by atoms with Crippen molar-refractivity contribution in [1.29, 1.82) is 0 Å². The molecule has 1 aliphatic heterocycles. The Morgan fingerprint density at radius 3 is 2.29 bits per heavy atom. The van der Waals surface area contributed by atoms with Crippen molar-refractivity contribution in [3.05, 3.63) is 88.2 Å². The zero-order valence-electron chi connectivity index (χ0n) is 21.4. The second kappa shape index (κ2) is 10.8. The van der Waals surface area contributed by atoms with E-state index in [1.54, 1.807) is 23.7 Å². The maximum absolute atomic E-state index is 13.2. The first kappa shape index (κ1) is 28.0. The number of morpholine rings is 1. The maximum Gasteiger partial charge on any atom is 0.416 e. The Kier molecular flexibility index (Phi) is 7.35. The van der Waals surface area contributed by atoms with Crippen molar-refractivity contribution in [2.24, 2.45) is 0 Å². The molecule has 0 spiro atoms. The third-order valence-electron chi connectivity index (χ3n) is 6.43. The average molecular weight is 573 g/mol. The minimum Gasteiger partial charge on any atom is -0.378 e. The number of hydrogen-bond donors (Lipinski definition) is 1. The van der Waals surface area contributed by atoms with E-state index in [2.05, 4.69) is 32.1 Å². The van der Waals surface area contributed by atoms with Crippen molar-refractivity contribution in [3.8, 4) is 11.8 Å². The van der Waals surface area contributed by atoms with Gasteiger partial charge in [0.05, 0.1) is 30.5 Å². The number of carbonyl (C=O) groups excluding carboxylic acids is 1. The lowest BCUT2D eigenvalue weighted by Crippen LogP contribution is -2.37. The van der Waals surface area contributed by atoms with Crippen molar-refractivity contribution < 1.29 is 35.9 Å². The van der Waals surface area contributed by atoms with Gasteiger partial charge >= 0.3 is 12.4 Å². The molecule has 1 aliphatic rings. The summed E-state index contributed by atoms with van der Waals surface area (Å²) in [6.45, 7) is 4.16. The summed E-state index contributed by atoms with van der Waals surface area (Å²) < 4.78 is 86.3. The zero-order chi connectivity index (χ0) is 29.4. The van der Waals surface area contributed by atoms with E-state index in [1.807, 2.05) is 12.1 Å². The van der Waals surface area contributed by atoms with E-state index in [9.17, 15) is 31.1 Å². The molecule has 0 atom stereocenters. The molecule has 3 heterocycles. The van der Waals surface area contributed by atoms with E-state index < -0.39 is 35.1 Å². The number of aromatic nitrogens is 3. The molecule has 13 heteroatoms. The molecule has 0 bridgehead atoms. The molecule has 212 valence electrons. The second-order valence-corrected chi connectivity index (χ2v) is 9.18. The predicted molar refractivity (Wildman–Crippen MR) is 138 cm³/mol. The molecule has 2 aromatic heterocycles. The van der Waals surface area contributed by atoms with Crippen LogP contribution in [0.4, 0.5) is 37.8 Å². The lowest BCUT2D eigenvalue weighted by atomic mass is 10.0. The van der Waals surface area contributed by atoms with Gasteiger partial charge in [-0.2, -0.15) is 26.3 Å². The Labute approximate surface area is 229 Å². The molecular weight excluding hydrogens is 552 g/mol. The fourth-order valence-corrected chi connectivity index (χ4v) is 4.28. The maximum atomic E-state index is 13.2. The van der Waals surface area contributed by atoms with Crippen LogP contribution in [0, 0.1) is 18.8 Å². The van der Waals surface area contributed by atoms with Gasteiger partial charge in [0.15, 0.2) is 5.65 Å². The van der Waals surface area contributed by atoms with Crippen LogP contribution in [0.1, 0.15) is 38.3 Å². The molecule has 0 aliphatic carbocycles. The molecule has 7 nitrogen and oxygen atoms in total. The highest BCUT2D eigenvalue weighted by atomic mass is 19.4. The number of hydrogen-bond acceptors (Lipinski definition) is 5. The molecule has 2 aromatic carbocycles. The van der Waals surface area contributed by atoms with Gasteiger partial charge in [-0.25, -0.2) is 9.50 Å². The van der Waals surface area contributed by atoms with Crippen LogP contribution in [0.15, 0.2) is 54.7 Å². The topological polar surface area (TPSA) is 71.8 Å². The van der Waals surface area contributed by atoms with Crippen LogP contribution in [0.25, 0.3) is 5.65 Å². The largest absolute Gasteiger partial charge is 0.416 e. The monoisotopic (exact) mass is 573 g/mol. The fraction of sp³-hybridized carbons (Fsp3) is 0.250. The first-order valence-corrected chi connectivity index (χ1v) is 12.3. The number of alkyl halides is 6. The number of carbonyl (C=O) groups is 1. The third kappa shape index (κ3) is 6.12. The summed E-state index contributed by atoms with van der Waals surface area (Å²) in [4.78, 5) is 19.3. The molecule has 1 saturated heterocycles. The number of nitrogens with zero attached hydrogens (tertiary/aromatic N) is 4. The zero-order valence-corrected chi connectivity index (χ0v) is 21.4. The molecule has 1 N–H and O–H groups in total. The van der Waals surface area contributed by atoms with Crippen LogP contribution < -0.4 is 10.2 Å². The molecule has 1 fully saturated rings. The Morgan fingerprint density at radius 1 is 0.951 bits per heavy atom. The van der Waals surface area contributed by atoms with Crippen molar-refractivity contribution in [3.63, 3.8) is 0 Å². The molecule has 0 radical (unpaired) electrons. The van der Waals surface area contributed by atoms with Crippen molar-refractivity contribution in [2.45, 2.75) is 19.3 Å². The first-order chi connectivity index (χ1) is 19.4. The van der Waals surface area contributed by atoms with Gasteiger partial charge in [-0.1, -0.05) is 12.0 Å². The van der Waals surface area contributed by atoms with E-state index >= 15 is 0 Å². The van der Waals surface area contributed by atoms with E-state index in [1.165, 1.54) is 12.1 Å². The van der Waals surface area contributed by atoms with Gasteiger partial charge in [0.2, 0.25) is 0 Å². The summed E-state index contributed by atoms with van der Waals surface area (Å²) in [5, 5.41) is 6.79. The number of anilines is 2. The number of rotatable bonds is 3. The summed E-state index contributed by atoms with van der Waals surface area (Å²) in [5.74, 6) is 5.80. The van der Waals surface area contributed by atoms with Crippen LogP contribution in [0.2, 0.25) is 0 Å². The molecule has 4 aromatic rings. The van der Waals surface area contributed by atoms with Crippen LogP contribution in [0.3, 0.4) is 0 Å². The van der Waals surface area contributed by atoms with Crippen LogP contribution in [-0.2, 0) is 17.1 Å². The number of fused-ring (bicyclic) bond motifs is 1. The fourth-order valence-electron chi connectivity index (χ4n) is 4.28. The number of amides is 1. The summed E-state index contributed by atoms with van der Waals surface area (Å²) >= 11 is 0. The summed E-state index contributed by atoms with van der Waals surface area (Å²) in [7, 11) is 0. The Bertz CT molecular complexity index is 1650. The van der Waals surface area contributed by atoms with Gasteiger partial charge in [0.1, 0.15) is 11.5 Å². The highest BCUT2D eigenvalue weighted by Crippen LogP contribution is 2.37. The van der Waals surface area contributed by atoms with E-state index in [0.29, 0.717) is 60.9 Å². The van der Waals surface area contributed by atoms with Gasteiger partial charge in [-0.3, -0.25) is 4.79 Å². The quantitative estimate of drug-likeness (QED) is 0.257. The lowest BCUT2D eigenvalue weighted by molar-refractivity contribution is -0.143. The molecule has 0 saturated carbocycles. The van der Waals surface area contributed by atoms with Gasteiger partial charge in [-0.05, 0) is 60.9 Å². The Balaban J connectivity index is 1.42. The first-order valence-electron chi connectivity index (χ1n) is 12.3.